The van der Waals surface area contributed by atoms with E-state index in [0.29, 0.717) is 34.6 Å². The van der Waals surface area contributed by atoms with Gasteiger partial charge in [-0.25, -0.2) is 0 Å². The zero-order chi connectivity index (χ0) is 16.0. The Morgan fingerprint density at radius 3 is 2.43 bits per heavy atom. The highest BCUT2D eigenvalue weighted by atomic mass is 35.5. The van der Waals surface area contributed by atoms with Gasteiger partial charge in [0.05, 0.1) is 10.0 Å². The number of carbonyl (C=O) groups is 1. The Morgan fingerprint density at radius 2 is 1.90 bits per heavy atom. The van der Waals surface area contributed by atoms with Crippen molar-refractivity contribution in [1.82, 2.24) is 0 Å². The molecule has 1 amide bonds. The van der Waals surface area contributed by atoms with E-state index in [4.69, 9.17) is 28.9 Å². The summed E-state index contributed by atoms with van der Waals surface area (Å²) in [4.78, 5) is 12.0. The molecule has 1 atom stereocenters. The normalized spacial score (nSPS) is 13.0. The molecule has 5 heteroatoms. The van der Waals surface area contributed by atoms with Crippen LogP contribution >= 0.6 is 23.2 Å². The summed E-state index contributed by atoms with van der Waals surface area (Å²) in [5.41, 5.74) is 6.48. The molecule has 0 spiro atoms. The first-order valence-electron chi connectivity index (χ1n) is 7.19. The van der Waals surface area contributed by atoms with Crippen LogP contribution in [0.4, 0.5) is 5.69 Å². The standard InChI is InChI=1S/C16H24Cl2N2O/c1-16(2,3)11(8-9-19)4-7-15(21)20-12-5-6-13(17)14(18)10-12/h5-6,10-11H,4,7-9,19H2,1-3H3,(H,20,21). The number of carbonyl (C=O) groups excluding carboxylic acids is 1. The van der Waals surface area contributed by atoms with Crippen LogP contribution in [0.1, 0.15) is 40.0 Å². The third-order valence-electron chi connectivity index (χ3n) is 3.66. The van der Waals surface area contributed by atoms with Gasteiger partial charge in [-0.2, -0.15) is 0 Å². The minimum Gasteiger partial charge on any atom is -0.330 e. The fourth-order valence-electron chi connectivity index (χ4n) is 2.31. The van der Waals surface area contributed by atoms with E-state index in [0.717, 1.165) is 12.8 Å². The summed E-state index contributed by atoms with van der Waals surface area (Å²) in [5, 5.41) is 3.76. The average molecular weight is 331 g/mol. The van der Waals surface area contributed by atoms with Gasteiger partial charge in [0.2, 0.25) is 5.91 Å². The highest BCUT2D eigenvalue weighted by Gasteiger charge is 2.24. The Morgan fingerprint density at radius 1 is 1.24 bits per heavy atom. The van der Waals surface area contributed by atoms with E-state index in [1.807, 2.05) is 0 Å². The van der Waals surface area contributed by atoms with Crippen LogP contribution in [0.25, 0.3) is 0 Å². The molecule has 0 bridgehead atoms. The number of nitrogens with one attached hydrogen (secondary N) is 1. The van der Waals surface area contributed by atoms with Gasteiger partial charge in [-0.3, -0.25) is 4.79 Å². The first-order chi connectivity index (χ1) is 9.74. The maximum Gasteiger partial charge on any atom is 0.224 e. The van der Waals surface area contributed by atoms with E-state index in [1.165, 1.54) is 0 Å². The molecule has 1 unspecified atom stereocenters. The van der Waals surface area contributed by atoms with E-state index in [2.05, 4.69) is 26.1 Å². The van der Waals surface area contributed by atoms with Crippen LogP contribution < -0.4 is 11.1 Å². The molecule has 0 saturated heterocycles. The van der Waals surface area contributed by atoms with Gasteiger partial charge in [0, 0.05) is 12.1 Å². The molecule has 0 aliphatic carbocycles. The van der Waals surface area contributed by atoms with Crippen molar-refractivity contribution in [2.24, 2.45) is 17.1 Å². The Balaban J connectivity index is 2.54. The molecule has 118 valence electrons. The minimum absolute atomic E-state index is 0.0142. The molecule has 0 aliphatic rings. The van der Waals surface area contributed by atoms with Gasteiger partial charge in [-0.15, -0.1) is 0 Å². The van der Waals surface area contributed by atoms with Crippen LogP contribution in [0.3, 0.4) is 0 Å². The van der Waals surface area contributed by atoms with E-state index in [1.54, 1.807) is 18.2 Å². The molecular formula is C16H24Cl2N2O. The van der Waals surface area contributed by atoms with Crippen LogP contribution in [-0.4, -0.2) is 12.5 Å². The van der Waals surface area contributed by atoms with Crippen molar-refractivity contribution in [3.05, 3.63) is 28.2 Å². The fourth-order valence-corrected chi connectivity index (χ4v) is 2.61. The maximum atomic E-state index is 12.0. The Bertz CT molecular complexity index is 484. The van der Waals surface area contributed by atoms with Gasteiger partial charge in [0.1, 0.15) is 0 Å². The topological polar surface area (TPSA) is 55.1 Å². The van der Waals surface area contributed by atoms with Crippen molar-refractivity contribution in [3.8, 4) is 0 Å². The Labute approximate surface area is 137 Å². The van der Waals surface area contributed by atoms with E-state index < -0.39 is 0 Å². The monoisotopic (exact) mass is 330 g/mol. The smallest absolute Gasteiger partial charge is 0.224 e. The number of benzene rings is 1. The largest absolute Gasteiger partial charge is 0.330 e. The van der Waals surface area contributed by atoms with E-state index in [9.17, 15) is 4.79 Å². The fraction of sp³-hybridized carbons (Fsp3) is 0.562. The zero-order valence-electron chi connectivity index (χ0n) is 12.9. The first-order valence-corrected chi connectivity index (χ1v) is 7.94. The van der Waals surface area contributed by atoms with Crippen molar-refractivity contribution in [3.63, 3.8) is 0 Å². The van der Waals surface area contributed by atoms with Crippen LogP contribution in [0.5, 0.6) is 0 Å². The summed E-state index contributed by atoms with van der Waals surface area (Å²) in [6, 6.07) is 5.07. The molecular weight excluding hydrogens is 307 g/mol. The molecule has 1 aromatic carbocycles. The molecule has 0 radical (unpaired) electrons. The molecule has 21 heavy (non-hydrogen) atoms. The lowest BCUT2D eigenvalue weighted by molar-refractivity contribution is -0.116. The van der Waals surface area contributed by atoms with Crippen LogP contribution in [0.2, 0.25) is 10.0 Å². The number of nitrogens with two attached hydrogens (primary N) is 1. The van der Waals surface area contributed by atoms with Gasteiger partial charge in [-0.05, 0) is 48.9 Å². The predicted octanol–water partition coefficient (Wildman–Crippen LogP) is 4.72. The van der Waals surface area contributed by atoms with E-state index >= 15 is 0 Å². The second-order valence-corrected chi connectivity index (χ2v) is 7.17. The third-order valence-corrected chi connectivity index (χ3v) is 4.40. The Kier molecular flexibility index (Phi) is 6.98. The average Bonchev–Trinajstić information content (AvgIpc) is 2.37. The number of amides is 1. The molecule has 0 heterocycles. The van der Waals surface area contributed by atoms with Gasteiger partial charge in [-0.1, -0.05) is 44.0 Å². The molecule has 1 aromatic rings. The summed E-state index contributed by atoms with van der Waals surface area (Å²) < 4.78 is 0. The molecule has 0 saturated carbocycles. The lowest BCUT2D eigenvalue weighted by Gasteiger charge is -2.30. The summed E-state index contributed by atoms with van der Waals surface area (Å²) in [7, 11) is 0. The Hall–Kier alpha value is -0.770. The lowest BCUT2D eigenvalue weighted by Crippen LogP contribution is -2.25. The zero-order valence-corrected chi connectivity index (χ0v) is 14.4. The number of rotatable bonds is 6. The SMILES string of the molecule is CC(C)(C)C(CCN)CCC(=O)Nc1ccc(Cl)c(Cl)c1. The maximum absolute atomic E-state index is 12.0. The molecule has 1 rings (SSSR count). The first kappa shape index (κ1) is 18.3. The van der Waals surface area contributed by atoms with Gasteiger partial charge in [0.15, 0.2) is 0 Å². The minimum atomic E-state index is -0.0142. The second-order valence-electron chi connectivity index (χ2n) is 6.36. The van der Waals surface area contributed by atoms with Crippen molar-refractivity contribution in [1.29, 1.82) is 0 Å². The van der Waals surface area contributed by atoms with Gasteiger partial charge in [0.25, 0.3) is 0 Å². The molecule has 0 aliphatic heterocycles. The molecule has 3 N–H and O–H groups in total. The lowest BCUT2D eigenvalue weighted by atomic mass is 9.76. The van der Waals surface area contributed by atoms with Gasteiger partial charge >= 0.3 is 0 Å². The van der Waals surface area contributed by atoms with Crippen LogP contribution in [-0.2, 0) is 4.79 Å². The number of hydrogen-bond donors (Lipinski definition) is 2. The highest BCUT2D eigenvalue weighted by molar-refractivity contribution is 6.42. The summed E-state index contributed by atoms with van der Waals surface area (Å²) in [6.07, 6.45) is 2.24. The van der Waals surface area contributed by atoms with Crippen molar-refractivity contribution >= 4 is 34.8 Å². The predicted molar refractivity (Wildman–Crippen MR) is 90.9 cm³/mol. The third kappa shape index (κ3) is 6.25. The number of anilines is 1. The summed E-state index contributed by atoms with van der Waals surface area (Å²) in [6.45, 7) is 7.20. The number of hydrogen-bond acceptors (Lipinski definition) is 2. The second kappa shape index (κ2) is 8.02. The highest BCUT2D eigenvalue weighted by Crippen LogP contribution is 2.32. The van der Waals surface area contributed by atoms with Crippen molar-refractivity contribution in [2.75, 3.05) is 11.9 Å². The van der Waals surface area contributed by atoms with Crippen LogP contribution in [0.15, 0.2) is 18.2 Å². The van der Waals surface area contributed by atoms with Crippen LogP contribution in [0, 0.1) is 11.3 Å². The number of halogens is 2. The van der Waals surface area contributed by atoms with Crippen molar-refractivity contribution < 1.29 is 4.79 Å². The van der Waals surface area contributed by atoms with Crippen molar-refractivity contribution in [2.45, 2.75) is 40.0 Å². The van der Waals surface area contributed by atoms with E-state index in [-0.39, 0.29) is 11.3 Å². The summed E-state index contributed by atoms with van der Waals surface area (Å²) >= 11 is 11.8. The molecule has 3 nitrogen and oxygen atoms in total. The quantitative estimate of drug-likeness (QED) is 0.792. The van der Waals surface area contributed by atoms with Gasteiger partial charge < -0.3 is 11.1 Å². The molecule has 0 aromatic heterocycles. The molecule has 0 fully saturated rings. The summed E-state index contributed by atoms with van der Waals surface area (Å²) in [5.74, 6) is 0.418.